The number of aromatic nitrogens is 2. The van der Waals surface area contributed by atoms with Crippen molar-refractivity contribution >= 4 is 21.6 Å². The molecule has 112 valence electrons. The van der Waals surface area contributed by atoms with Gasteiger partial charge in [-0.25, -0.2) is 4.98 Å². The fraction of sp³-hybridized carbons (Fsp3) is 0.600. The Morgan fingerprint density at radius 1 is 1.38 bits per heavy atom. The van der Waals surface area contributed by atoms with E-state index < -0.39 is 0 Å². The molecule has 2 aliphatic rings. The molecule has 2 heterocycles. The van der Waals surface area contributed by atoms with Crippen LogP contribution in [0, 0.1) is 0 Å². The maximum Gasteiger partial charge on any atom is 0.259 e. The lowest BCUT2D eigenvalue weighted by Crippen LogP contribution is -2.30. The zero-order valence-electron chi connectivity index (χ0n) is 11.9. The van der Waals surface area contributed by atoms with Crippen LogP contribution >= 0.6 is 11.3 Å². The molecule has 0 amide bonds. The Kier molecular flexibility index (Phi) is 3.32. The Morgan fingerprint density at radius 3 is 3.00 bits per heavy atom. The number of rotatable bonds is 5. The number of aromatic amines is 1. The number of fused-ring (bicyclic) bond motifs is 3. The van der Waals surface area contributed by atoms with Crippen LogP contribution in [0.3, 0.4) is 0 Å². The summed E-state index contributed by atoms with van der Waals surface area (Å²) in [6.45, 7) is 1.42. The summed E-state index contributed by atoms with van der Waals surface area (Å²) >= 11 is 1.68. The normalized spacial score (nSPS) is 17.8. The molecule has 6 heteroatoms. The number of aryl methyl sites for hydroxylation is 2. The van der Waals surface area contributed by atoms with Crippen molar-refractivity contribution in [2.75, 3.05) is 13.2 Å². The Morgan fingerprint density at radius 2 is 2.24 bits per heavy atom. The quantitative estimate of drug-likeness (QED) is 0.877. The maximum atomic E-state index is 12.4. The minimum absolute atomic E-state index is 0.00847. The van der Waals surface area contributed by atoms with Crippen LogP contribution in [-0.4, -0.2) is 39.2 Å². The van der Waals surface area contributed by atoms with Gasteiger partial charge in [-0.05, 0) is 37.7 Å². The summed E-state index contributed by atoms with van der Waals surface area (Å²) in [4.78, 5) is 24.5. The first-order valence-corrected chi connectivity index (χ1v) is 8.46. The smallest absolute Gasteiger partial charge is 0.259 e. The van der Waals surface area contributed by atoms with Gasteiger partial charge < -0.3 is 10.1 Å². The molecule has 2 aromatic rings. The summed E-state index contributed by atoms with van der Waals surface area (Å²) in [6, 6.07) is 0.548. The monoisotopic (exact) mass is 305 g/mol. The minimum Gasteiger partial charge on any atom is -0.395 e. The van der Waals surface area contributed by atoms with Crippen LogP contribution in [0.1, 0.15) is 35.5 Å². The maximum absolute atomic E-state index is 12.4. The number of aliphatic hydroxyl groups excluding tert-OH is 1. The van der Waals surface area contributed by atoms with Gasteiger partial charge in [-0.1, -0.05) is 0 Å². The zero-order valence-corrected chi connectivity index (χ0v) is 12.7. The summed E-state index contributed by atoms with van der Waals surface area (Å²) in [7, 11) is 0. The number of H-pyrrole nitrogens is 1. The molecule has 0 radical (unpaired) electrons. The van der Waals surface area contributed by atoms with Gasteiger partial charge in [0.15, 0.2) is 0 Å². The topological polar surface area (TPSA) is 69.2 Å². The van der Waals surface area contributed by atoms with E-state index in [1.807, 2.05) is 0 Å². The molecule has 2 aliphatic carbocycles. The zero-order chi connectivity index (χ0) is 14.4. The number of thiophene rings is 1. The van der Waals surface area contributed by atoms with Crippen LogP contribution < -0.4 is 5.56 Å². The molecule has 0 spiro atoms. The molecule has 4 rings (SSSR count). The number of hydrogen-bond acceptors (Lipinski definition) is 5. The third-order valence-corrected chi connectivity index (χ3v) is 5.61. The first-order valence-electron chi connectivity index (χ1n) is 7.64. The average molecular weight is 305 g/mol. The number of aliphatic hydroxyl groups is 1. The highest BCUT2D eigenvalue weighted by Crippen LogP contribution is 2.34. The summed E-state index contributed by atoms with van der Waals surface area (Å²) in [5, 5.41) is 9.98. The first-order chi connectivity index (χ1) is 10.3. The van der Waals surface area contributed by atoms with E-state index in [0.717, 1.165) is 35.3 Å². The fourth-order valence-electron chi connectivity index (χ4n) is 3.27. The number of nitrogens with zero attached hydrogens (tertiary/aromatic N) is 2. The van der Waals surface area contributed by atoms with E-state index in [1.165, 1.54) is 23.3 Å². The van der Waals surface area contributed by atoms with Gasteiger partial charge >= 0.3 is 0 Å². The number of hydrogen-bond donors (Lipinski definition) is 2. The molecule has 1 saturated carbocycles. The Labute approximate surface area is 126 Å². The summed E-state index contributed by atoms with van der Waals surface area (Å²) in [6.07, 6.45) is 5.62. The lowest BCUT2D eigenvalue weighted by Gasteiger charge is -2.19. The second-order valence-corrected chi connectivity index (χ2v) is 7.06. The SMILES string of the molecule is O=c1[nH]c(CN(CCO)C2CC2)nc2sc3c(c12)CCC3. The van der Waals surface area contributed by atoms with Gasteiger partial charge in [0.05, 0.1) is 18.5 Å². The predicted molar refractivity (Wildman–Crippen MR) is 82.8 cm³/mol. The van der Waals surface area contributed by atoms with Gasteiger partial charge in [-0.3, -0.25) is 9.69 Å². The lowest BCUT2D eigenvalue weighted by atomic mass is 10.2. The van der Waals surface area contributed by atoms with Crippen molar-refractivity contribution < 1.29 is 5.11 Å². The van der Waals surface area contributed by atoms with Crippen LogP contribution in [0.4, 0.5) is 0 Å². The van der Waals surface area contributed by atoms with E-state index in [0.29, 0.717) is 19.1 Å². The summed E-state index contributed by atoms with van der Waals surface area (Å²) < 4.78 is 0. The molecular weight excluding hydrogens is 286 g/mol. The molecule has 2 N–H and O–H groups in total. The highest BCUT2D eigenvalue weighted by molar-refractivity contribution is 7.18. The molecule has 1 fully saturated rings. The third kappa shape index (κ3) is 2.41. The fourth-order valence-corrected chi connectivity index (χ4v) is 4.55. The second kappa shape index (κ2) is 5.19. The van der Waals surface area contributed by atoms with Gasteiger partial charge in [0.25, 0.3) is 5.56 Å². The molecule has 0 aliphatic heterocycles. The van der Waals surface area contributed by atoms with Crippen LogP contribution in [0.25, 0.3) is 10.2 Å². The van der Waals surface area contributed by atoms with Crippen molar-refractivity contribution in [2.24, 2.45) is 0 Å². The van der Waals surface area contributed by atoms with Crippen molar-refractivity contribution in [3.05, 3.63) is 26.6 Å². The highest BCUT2D eigenvalue weighted by atomic mass is 32.1. The Bertz CT molecular complexity index is 732. The lowest BCUT2D eigenvalue weighted by molar-refractivity contribution is 0.180. The van der Waals surface area contributed by atoms with E-state index in [2.05, 4.69) is 14.9 Å². The van der Waals surface area contributed by atoms with Crippen molar-refractivity contribution in [1.29, 1.82) is 0 Å². The third-order valence-electron chi connectivity index (χ3n) is 4.43. The molecule has 21 heavy (non-hydrogen) atoms. The predicted octanol–water partition coefficient (Wildman–Crippen LogP) is 1.43. The van der Waals surface area contributed by atoms with E-state index in [9.17, 15) is 4.79 Å². The van der Waals surface area contributed by atoms with Crippen LogP contribution in [0.15, 0.2) is 4.79 Å². The second-order valence-electron chi connectivity index (χ2n) is 5.98. The van der Waals surface area contributed by atoms with Crippen LogP contribution in [-0.2, 0) is 19.4 Å². The minimum atomic E-state index is 0.00847. The standard InChI is InChI=1S/C15H19N3O2S/c19-7-6-18(9-4-5-9)8-12-16-14(20)13-10-2-1-3-11(10)21-15(13)17-12/h9,19H,1-8H2,(H,16,17,20). The molecule has 0 atom stereocenters. The van der Waals surface area contributed by atoms with Gasteiger partial charge in [0.2, 0.25) is 0 Å². The van der Waals surface area contributed by atoms with Crippen molar-refractivity contribution in [3.8, 4) is 0 Å². The van der Waals surface area contributed by atoms with Crippen LogP contribution in [0.2, 0.25) is 0 Å². The van der Waals surface area contributed by atoms with Gasteiger partial charge in [0.1, 0.15) is 10.7 Å². The van der Waals surface area contributed by atoms with Gasteiger partial charge in [0, 0.05) is 17.5 Å². The molecular formula is C15H19N3O2S. The Hall–Kier alpha value is -1.24. The van der Waals surface area contributed by atoms with Crippen molar-refractivity contribution in [3.63, 3.8) is 0 Å². The number of nitrogens with one attached hydrogen (secondary N) is 1. The molecule has 0 aromatic carbocycles. The summed E-state index contributed by atoms with van der Waals surface area (Å²) in [5.41, 5.74) is 1.24. The van der Waals surface area contributed by atoms with E-state index in [1.54, 1.807) is 11.3 Å². The van der Waals surface area contributed by atoms with E-state index in [4.69, 9.17) is 5.11 Å². The van der Waals surface area contributed by atoms with Crippen LogP contribution in [0.5, 0.6) is 0 Å². The van der Waals surface area contributed by atoms with E-state index in [-0.39, 0.29) is 12.2 Å². The Balaban J connectivity index is 1.68. The van der Waals surface area contributed by atoms with Gasteiger partial charge in [-0.15, -0.1) is 11.3 Å². The first kappa shape index (κ1) is 13.4. The van der Waals surface area contributed by atoms with Crippen molar-refractivity contribution in [2.45, 2.75) is 44.7 Å². The summed E-state index contributed by atoms with van der Waals surface area (Å²) in [5.74, 6) is 0.729. The van der Waals surface area contributed by atoms with Crippen molar-refractivity contribution in [1.82, 2.24) is 14.9 Å². The molecule has 2 aromatic heterocycles. The molecule has 0 unspecified atom stereocenters. The van der Waals surface area contributed by atoms with Gasteiger partial charge in [-0.2, -0.15) is 0 Å². The molecule has 5 nitrogen and oxygen atoms in total. The van der Waals surface area contributed by atoms with E-state index >= 15 is 0 Å². The average Bonchev–Trinajstić information content (AvgIpc) is 3.09. The largest absolute Gasteiger partial charge is 0.395 e. The molecule has 0 bridgehead atoms. The highest BCUT2D eigenvalue weighted by Gasteiger charge is 2.29. The molecule has 0 saturated heterocycles.